The maximum atomic E-state index is 12.0. The molecule has 0 amide bonds. The van der Waals surface area contributed by atoms with Gasteiger partial charge in [-0.05, 0) is 38.5 Å². The zero-order valence-electron chi connectivity index (χ0n) is 11.9. The lowest BCUT2D eigenvalue weighted by atomic mass is 9.53. The van der Waals surface area contributed by atoms with Gasteiger partial charge in [-0.2, -0.15) is 0 Å². The maximum absolute atomic E-state index is 12.0. The zero-order chi connectivity index (χ0) is 14.0. The van der Waals surface area contributed by atoms with Gasteiger partial charge < -0.3 is 14.9 Å². The van der Waals surface area contributed by atoms with Gasteiger partial charge in [0.15, 0.2) is 0 Å². The maximum Gasteiger partial charge on any atom is 0.309 e. The number of aliphatic hydroxyl groups is 2. The molecule has 1 heterocycles. The number of hydrogen-bond acceptors (Lipinski definition) is 4. The van der Waals surface area contributed by atoms with E-state index in [0.29, 0.717) is 12.3 Å². The smallest absolute Gasteiger partial charge is 0.309 e. The lowest BCUT2D eigenvalue weighted by molar-refractivity contribution is -0.248. The number of hydrogen-bond donors (Lipinski definition) is 2. The molecule has 1 aliphatic heterocycles. The summed E-state index contributed by atoms with van der Waals surface area (Å²) >= 11 is 0. The molecule has 0 bridgehead atoms. The zero-order valence-corrected chi connectivity index (χ0v) is 11.9. The Hall–Kier alpha value is -0.610. The molecule has 0 aromatic rings. The van der Waals surface area contributed by atoms with Crippen LogP contribution in [0.5, 0.6) is 0 Å². The first-order valence-corrected chi connectivity index (χ1v) is 7.44. The molecule has 1 saturated heterocycles. The van der Waals surface area contributed by atoms with Crippen molar-refractivity contribution in [2.75, 3.05) is 0 Å². The summed E-state index contributed by atoms with van der Waals surface area (Å²) in [4.78, 5) is 12.0. The van der Waals surface area contributed by atoms with Gasteiger partial charge in [-0.25, -0.2) is 0 Å². The molecule has 2 saturated carbocycles. The molecule has 4 heteroatoms. The van der Waals surface area contributed by atoms with E-state index in [-0.39, 0.29) is 23.7 Å². The van der Waals surface area contributed by atoms with Gasteiger partial charge in [-0.15, -0.1) is 0 Å². The molecule has 108 valence electrons. The van der Waals surface area contributed by atoms with Crippen molar-refractivity contribution in [1.82, 2.24) is 0 Å². The first-order valence-electron chi connectivity index (χ1n) is 7.44. The Labute approximate surface area is 114 Å². The minimum Gasteiger partial charge on any atom is -0.455 e. The van der Waals surface area contributed by atoms with E-state index in [1.807, 2.05) is 6.92 Å². The highest BCUT2D eigenvalue weighted by Crippen LogP contribution is 2.59. The molecule has 0 radical (unpaired) electrons. The van der Waals surface area contributed by atoms with E-state index in [2.05, 4.69) is 6.92 Å². The van der Waals surface area contributed by atoms with Crippen LogP contribution in [-0.2, 0) is 9.53 Å². The van der Waals surface area contributed by atoms with Gasteiger partial charge in [0.05, 0.1) is 11.5 Å². The minimum atomic E-state index is -1.16. The predicted molar refractivity (Wildman–Crippen MR) is 69.2 cm³/mol. The van der Waals surface area contributed by atoms with Gasteiger partial charge in [-0.1, -0.05) is 13.8 Å². The molecule has 3 aliphatic rings. The van der Waals surface area contributed by atoms with E-state index in [0.717, 1.165) is 19.3 Å². The second-order valence-corrected chi connectivity index (χ2v) is 7.13. The molecule has 7 atom stereocenters. The van der Waals surface area contributed by atoms with Crippen LogP contribution in [0.4, 0.5) is 0 Å². The fraction of sp³-hybridized carbons (Fsp3) is 0.933. The van der Waals surface area contributed by atoms with Gasteiger partial charge in [0, 0.05) is 11.8 Å². The van der Waals surface area contributed by atoms with Gasteiger partial charge >= 0.3 is 5.97 Å². The van der Waals surface area contributed by atoms with Crippen molar-refractivity contribution in [3.05, 3.63) is 0 Å². The van der Waals surface area contributed by atoms with E-state index < -0.39 is 17.3 Å². The molecule has 2 N–H and O–H groups in total. The molecule has 3 fully saturated rings. The van der Waals surface area contributed by atoms with Crippen molar-refractivity contribution in [3.8, 4) is 0 Å². The second kappa shape index (κ2) is 3.95. The molecular weight excluding hydrogens is 244 g/mol. The van der Waals surface area contributed by atoms with E-state index >= 15 is 0 Å². The summed E-state index contributed by atoms with van der Waals surface area (Å²) < 4.78 is 5.74. The van der Waals surface area contributed by atoms with Crippen molar-refractivity contribution in [3.63, 3.8) is 0 Å². The Morgan fingerprint density at radius 3 is 2.58 bits per heavy atom. The van der Waals surface area contributed by atoms with Crippen molar-refractivity contribution < 1.29 is 19.7 Å². The summed E-state index contributed by atoms with van der Waals surface area (Å²) in [7, 11) is 0. The minimum absolute atomic E-state index is 0.0444. The average Bonchev–Trinajstić information content (AvgIpc) is 2.59. The van der Waals surface area contributed by atoms with E-state index in [1.165, 1.54) is 0 Å². The monoisotopic (exact) mass is 268 g/mol. The summed E-state index contributed by atoms with van der Waals surface area (Å²) in [5.41, 5.74) is -2.01. The Kier molecular flexibility index (Phi) is 2.78. The van der Waals surface area contributed by atoms with Gasteiger partial charge in [0.25, 0.3) is 0 Å². The SMILES string of the molecule is CC1CCC2C(C)C(=O)OC23C1CCC(C)(O)C3O. The van der Waals surface area contributed by atoms with Crippen molar-refractivity contribution in [1.29, 1.82) is 0 Å². The summed E-state index contributed by atoms with van der Waals surface area (Å²) in [5, 5.41) is 21.2. The first kappa shape index (κ1) is 13.4. The van der Waals surface area contributed by atoms with Crippen LogP contribution < -0.4 is 0 Å². The quantitative estimate of drug-likeness (QED) is 0.653. The average molecular weight is 268 g/mol. The number of rotatable bonds is 0. The largest absolute Gasteiger partial charge is 0.455 e. The standard InChI is InChI=1S/C15H24O4/c1-8-4-5-11-9(2)12(16)19-15(11)10(8)6-7-14(3,18)13(15)17/h8-11,13,17-18H,4-7H2,1-3H3. The van der Waals surface area contributed by atoms with Gasteiger partial charge in [0.1, 0.15) is 11.7 Å². The molecule has 19 heavy (non-hydrogen) atoms. The molecular formula is C15H24O4. The third-order valence-electron chi connectivity index (χ3n) is 6.01. The summed E-state index contributed by atoms with van der Waals surface area (Å²) in [5.74, 6) is 0.276. The summed E-state index contributed by atoms with van der Waals surface area (Å²) in [6.07, 6.45) is 2.40. The number of aliphatic hydroxyl groups excluding tert-OH is 1. The molecule has 2 aliphatic carbocycles. The molecule has 0 aromatic heterocycles. The van der Waals surface area contributed by atoms with Gasteiger partial charge in [-0.3, -0.25) is 4.79 Å². The molecule has 0 aromatic carbocycles. The number of esters is 1. The fourth-order valence-corrected chi connectivity index (χ4v) is 4.85. The van der Waals surface area contributed by atoms with Crippen molar-refractivity contribution >= 4 is 5.97 Å². The molecule has 1 spiro atoms. The number of carbonyl (C=O) groups is 1. The highest BCUT2D eigenvalue weighted by molar-refractivity contribution is 5.76. The van der Waals surface area contributed by atoms with Crippen LogP contribution in [0.25, 0.3) is 0 Å². The molecule has 3 rings (SSSR count). The van der Waals surface area contributed by atoms with Crippen LogP contribution in [-0.4, -0.2) is 33.5 Å². The molecule has 4 nitrogen and oxygen atoms in total. The summed E-state index contributed by atoms with van der Waals surface area (Å²) in [6, 6.07) is 0. The second-order valence-electron chi connectivity index (χ2n) is 7.13. The van der Waals surface area contributed by atoms with E-state index in [9.17, 15) is 15.0 Å². The number of carbonyl (C=O) groups excluding carboxylic acids is 1. The predicted octanol–water partition coefficient (Wildman–Crippen LogP) is 1.49. The topological polar surface area (TPSA) is 66.8 Å². The summed E-state index contributed by atoms with van der Waals surface area (Å²) in [6.45, 7) is 5.73. The van der Waals surface area contributed by atoms with Crippen LogP contribution in [0, 0.1) is 23.7 Å². The third-order valence-corrected chi connectivity index (χ3v) is 6.01. The normalized spacial score (nSPS) is 57.3. The fourth-order valence-electron chi connectivity index (χ4n) is 4.85. The molecule has 7 unspecified atom stereocenters. The lowest BCUT2D eigenvalue weighted by Crippen LogP contribution is -2.67. The lowest BCUT2D eigenvalue weighted by Gasteiger charge is -2.56. The van der Waals surface area contributed by atoms with Crippen LogP contribution in [0.2, 0.25) is 0 Å². The van der Waals surface area contributed by atoms with Crippen molar-refractivity contribution in [2.45, 2.75) is 63.8 Å². The Morgan fingerprint density at radius 1 is 1.21 bits per heavy atom. The highest BCUT2D eigenvalue weighted by atomic mass is 16.6. The van der Waals surface area contributed by atoms with Crippen LogP contribution in [0.15, 0.2) is 0 Å². The highest BCUT2D eigenvalue weighted by Gasteiger charge is 2.68. The van der Waals surface area contributed by atoms with E-state index in [1.54, 1.807) is 6.92 Å². The van der Waals surface area contributed by atoms with E-state index in [4.69, 9.17) is 4.74 Å². The third kappa shape index (κ3) is 1.56. The van der Waals surface area contributed by atoms with Gasteiger partial charge in [0.2, 0.25) is 0 Å². The Balaban J connectivity index is 2.08. The number of ether oxygens (including phenoxy) is 1. The Morgan fingerprint density at radius 2 is 1.89 bits per heavy atom. The van der Waals surface area contributed by atoms with Crippen LogP contribution in [0.3, 0.4) is 0 Å². The Bertz CT molecular complexity index is 401. The van der Waals surface area contributed by atoms with Crippen molar-refractivity contribution in [2.24, 2.45) is 23.7 Å². The first-order chi connectivity index (χ1) is 8.80. The van der Waals surface area contributed by atoms with Crippen LogP contribution in [0.1, 0.15) is 46.5 Å². The van der Waals surface area contributed by atoms with Crippen LogP contribution >= 0.6 is 0 Å².